The summed E-state index contributed by atoms with van der Waals surface area (Å²) < 4.78 is 19.8. The highest BCUT2D eigenvalue weighted by Crippen LogP contribution is 2.32. The van der Waals surface area contributed by atoms with Crippen molar-refractivity contribution in [3.8, 4) is 5.75 Å². The Labute approximate surface area is 115 Å². The fourth-order valence-electron chi connectivity index (χ4n) is 2.75. The van der Waals surface area contributed by atoms with Gasteiger partial charge in [0.25, 0.3) is 0 Å². The summed E-state index contributed by atoms with van der Waals surface area (Å²) in [6, 6.07) is 5.18. The fourth-order valence-corrected chi connectivity index (χ4v) is 2.75. The lowest BCUT2D eigenvalue weighted by Crippen LogP contribution is -2.29. The SMILES string of the molecule is CC1CCC(Oc2ccc(CCN)cc2F)CC1C. The van der Waals surface area contributed by atoms with E-state index in [-0.39, 0.29) is 11.9 Å². The lowest BCUT2D eigenvalue weighted by atomic mass is 9.80. The van der Waals surface area contributed by atoms with Crippen molar-refractivity contribution in [3.05, 3.63) is 29.6 Å². The Morgan fingerprint density at radius 3 is 2.68 bits per heavy atom. The molecular weight excluding hydrogens is 241 g/mol. The van der Waals surface area contributed by atoms with Crippen LogP contribution in [0.25, 0.3) is 0 Å². The molecule has 1 aliphatic carbocycles. The summed E-state index contributed by atoms with van der Waals surface area (Å²) in [5.41, 5.74) is 6.40. The van der Waals surface area contributed by atoms with E-state index in [1.165, 1.54) is 12.5 Å². The van der Waals surface area contributed by atoms with Crippen LogP contribution in [0.3, 0.4) is 0 Å². The van der Waals surface area contributed by atoms with Crippen LogP contribution in [-0.2, 0) is 6.42 Å². The van der Waals surface area contributed by atoms with E-state index in [1.807, 2.05) is 6.07 Å². The van der Waals surface area contributed by atoms with Gasteiger partial charge in [-0.15, -0.1) is 0 Å². The number of hydrogen-bond acceptors (Lipinski definition) is 2. The second-order valence-corrected chi connectivity index (χ2v) is 5.81. The van der Waals surface area contributed by atoms with Crippen molar-refractivity contribution in [3.63, 3.8) is 0 Å². The van der Waals surface area contributed by atoms with E-state index >= 15 is 0 Å². The minimum absolute atomic E-state index is 0.154. The molecule has 0 aromatic heterocycles. The van der Waals surface area contributed by atoms with Crippen LogP contribution in [0.2, 0.25) is 0 Å². The van der Waals surface area contributed by atoms with Gasteiger partial charge in [0.2, 0.25) is 0 Å². The summed E-state index contributed by atoms with van der Waals surface area (Å²) in [7, 11) is 0. The zero-order valence-corrected chi connectivity index (χ0v) is 11.9. The second kappa shape index (κ2) is 6.38. The van der Waals surface area contributed by atoms with Crippen LogP contribution in [0, 0.1) is 17.7 Å². The van der Waals surface area contributed by atoms with Crippen molar-refractivity contribution in [2.75, 3.05) is 6.54 Å². The Balaban J connectivity index is 1.99. The predicted molar refractivity (Wildman–Crippen MR) is 75.8 cm³/mol. The molecular formula is C16H24FNO. The molecule has 2 rings (SSSR count). The van der Waals surface area contributed by atoms with Crippen LogP contribution in [-0.4, -0.2) is 12.6 Å². The number of rotatable bonds is 4. The third kappa shape index (κ3) is 3.69. The van der Waals surface area contributed by atoms with Crippen LogP contribution in [0.4, 0.5) is 4.39 Å². The van der Waals surface area contributed by atoms with Crippen LogP contribution in [0.15, 0.2) is 18.2 Å². The lowest BCUT2D eigenvalue weighted by Gasteiger charge is -2.32. The van der Waals surface area contributed by atoms with E-state index in [0.717, 1.165) is 24.3 Å². The van der Waals surface area contributed by atoms with Gasteiger partial charge in [-0.1, -0.05) is 19.9 Å². The van der Waals surface area contributed by atoms with Crippen molar-refractivity contribution in [2.24, 2.45) is 17.6 Å². The van der Waals surface area contributed by atoms with Crippen molar-refractivity contribution < 1.29 is 9.13 Å². The topological polar surface area (TPSA) is 35.2 Å². The summed E-state index contributed by atoms with van der Waals surface area (Å²) in [6.07, 6.45) is 4.07. The number of ether oxygens (including phenoxy) is 1. The maximum atomic E-state index is 13.9. The standard InChI is InChI=1S/C16H24FNO/c1-11-3-5-14(9-12(11)2)19-16-6-4-13(7-8-18)10-15(16)17/h4,6,10-12,14H,3,5,7-9,18H2,1-2H3. The van der Waals surface area contributed by atoms with Gasteiger partial charge in [-0.3, -0.25) is 0 Å². The molecule has 2 N–H and O–H groups in total. The molecule has 0 spiro atoms. The Hall–Kier alpha value is -1.09. The molecule has 1 aromatic rings. The smallest absolute Gasteiger partial charge is 0.165 e. The lowest BCUT2D eigenvalue weighted by molar-refractivity contribution is 0.0968. The highest BCUT2D eigenvalue weighted by atomic mass is 19.1. The Kier molecular flexibility index (Phi) is 4.81. The quantitative estimate of drug-likeness (QED) is 0.904. The van der Waals surface area contributed by atoms with Gasteiger partial charge in [-0.25, -0.2) is 4.39 Å². The maximum absolute atomic E-state index is 13.9. The zero-order chi connectivity index (χ0) is 13.8. The molecule has 0 heterocycles. The first-order valence-corrected chi connectivity index (χ1v) is 7.25. The second-order valence-electron chi connectivity index (χ2n) is 5.81. The summed E-state index contributed by atoms with van der Waals surface area (Å²) in [5, 5.41) is 0. The molecule has 3 atom stereocenters. The van der Waals surface area contributed by atoms with Gasteiger partial charge in [-0.2, -0.15) is 0 Å². The van der Waals surface area contributed by atoms with E-state index < -0.39 is 0 Å². The summed E-state index contributed by atoms with van der Waals surface area (Å²) in [4.78, 5) is 0. The molecule has 1 saturated carbocycles. The number of hydrogen-bond donors (Lipinski definition) is 1. The molecule has 0 bridgehead atoms. The first-order chi connectivity index (χ1) is 9.10. The predicted octanol–water partition coefficient (Wildman–Crippen LogP) is 3.53. The van der Waals surface area contributed by atoms with E-state index in [2.05, 4.69) is 13.8 Å². The average Bonchev–Trinajstić information content (AvgIpc) is 2.37. The van der Waals surface area contributed by atoms with Crippen LogP contribution >= 0.6 is 0 Å². The van der Waals surface area contributed by atoms with Crippen molar-refractivity contribution in [1.82, 2.24) is 0 Å². The third-order valence-corrected chi connectivity index (χ3v) is 4.27. The van der Waals surface area contributed by atoms with Crippen LogP contribution in [0.5, 0.6) is 5.75 Å². The first kappa shape index (κ1) is 14.3. The molecule has 1 aliphatic rings. The molecule has 106 valence electrons. The minimum Gasteiger partial charge on any atom is -0.487 e. The normalized spacial score (nSPS) is 27.3. The van der Waals surface area contributed by atoms with Gasteiger partial charge in [-0.05, 0) is 61.8 Å². The van der Waals surface area contributed by atoms with E-state index in [0.29, 0.717) is 24.6 Å². The summed E-state index contributed by atoms with van der Waals surface area (Å²) in [6.45, 7) is 5.07. The largest absolute Gasteiger partial charge is 0.487 e. The molecule has 0 aliphatic heterocycles. The van der Waals surface area contributed by atoms with Gasteiger partial charge >= 0.3 is 0 Å². The minimum atomic E-state index is -0.266. The molecule has 3 unspecified atom stereocenters. The van der Waals surface area contributed by atoms with Crippen molar-refractivity contribution in [2.45, 2.75) is 45.6 Å². The van der Waals surface area contributed by atoms with Gasteiger partial charge in [0, 0.05) is 0 Å². The number of halogens is 1. The fraction of sp³-hybridized carbons (Fsp3) is 0.625. The molecule has 0 saturated heterocycles. The van der Waals surface area contributed by atoms with Gasteiger partial charge in [0.05, 0.1) is 6.10 Å². The molecule has 0 amide bonds. The highest BCUT2D eigenvalue weighted by molar-refractivity contribution is 5.29. The van der Waals surface area contributed by atoms with E-state index in [9.17, 15) is 4.39 Å². The highest BCUT2D eigenvalue weighted by Gasteiger charge is 2.26. The molecule has 2 nitrogen and oxygen atoms in total. The van der Waals surface area contributed by atoms with Crippen molar-refractivity contribution >= 4 is 0 Å². The third-order valence-electron chi connectivity index (χ3n) is 4.27. The Bertz CT molecular complexity index is 421. The number of nitrogens with two attached hydrogens (primary N) is 1. The Morgan fingerprint density at radius 1 is 1.26 bits per heavy atom. The average molecular weight is 265 g/mol. The molecule has 3 heteroatoms. The van der Waals surface area contributed by atoms with Gasteiger partial charge < -0.3 is 10.5 Å². The van der Waals surface area contributed by atoms with E-state index in [1.54, 1.807) is 6.07 Å². The first-order valence-electron chi connectivity index (χ1n) is 7.25. The molecule has 1 aromatic carbocycles. The Morgan fingerprint density at radius 2 is 2.05 bits per heavy atom. The molecule has 0 radical (unpaired) electrons. The van der Waals surface area contributed by atoms with Gasteiger partial charge in [0.15, 0.2) is 11.6 Å². The monoisotopic (exact) mass is 265 g/mol. The summed E-state index contributed by atoms with van der Waals surface area (Å²) >= 11 is 0. The number of benzene rings is 1. The van der Waals surface area contributed by atoms with Crippen molar-refractivity contribution in [1.29, 1.82) is 0 Å². The van der Waals surface area contributed by atoms with Gasteiger partial charge in [0.1, 0.15) is 0 Å². The summed E-state index contributed by atoms with van der Waals surface area (Å²) in [5.74, 6) is 1.51. The zero-order valence-electron chi connectivity index (χ0n) is 11.9. The van der Waals surface area contributed by atoms with Crippen LogP contribution in [0.1, 0.15) is 38.7 Å². The molecule has 1 fully saturated rings. The maximum Gasteiger partial charge on any atom is 0.165 e. The van der Waals surface area contributed by atoms with E-state index in [4.69, 9.17) is 10.5 Å². The van der Waals surface area contributed by atoms with Crippen LogP contribution < -0.4 is 10.5 Å². The molecule has 19 heavy (non-hydrogen) atoms.